The van der Waals surface area contributed by atoms with Crippen LogP contribution in [0, 0.1) is 23.1 Å². The molecule has 2 aromatic heterocycles. The molecular formula is C33H36F3N5O7S. The van der Waals surface area contributed by atoms with Gasteiger partial charge in [0.15, 0.2) is 6.10 Å². The monoisotopic (exact) mass is 703 g/mol. The molecule has 1 unspecified atom stereocenters. The Bertz CT molecular complexity index is 1990. The van der Waals surface area contributed by atoms with Gasteiger partial charge in [-0.1, -0.05) is 50.8 Å². The van der Waals surface area contributed by atoms with Crippen molar-refractivity contribution in [2.45, 2.75) is 45.7 Å². The van der Waals surface area contributed by atoms with Crippen molar-refractivity contribution >= 4 is 38.4 Å². The van der Waals surface area contributed by atoms with Crippen LogP contribution in [0.4, 0.5) is 24.7 Å². The number of hydrogen-bond donors (Lipinski definition) is 3. The number of pyridine rings is 1. The lowest BCUT2D eigenvalue weighted by atomic mass is 9.89. The molecule has 16 heteroatoms. The van der Waals surface area contributed by atoms with Crippen molar-refractivity contribution in [2.75, 3.05) is 30.3 Å². The smallest absolute Gasteiger partial charge is 0.355 e. The summed E-state index contributed by atoms with van der Waals surface area (Å²) < 4.78 is 84.5. The molecule has 2 aromatic carbocycles. The SMILES string of the molecule is C[C@H](Oc1cc(-c2nn(C)c3c(C#CCOCCOC(C(=O)O)C(C)(C)C)cnc(N)c23)ccc1NS(=O)(=O)C(F)F)c1ccc(F)cc1. The fourth-order valence-electron chi connectivity index (χ4n) is 4.84. The molecule has 0 spiro atoms. The van der Waals surface area contributed by atoms with Crippen molar-refractivity contribution < 1.29 is 45.7 Å². The molecule has 2 heterocycles. The third kappa shape index (κ3) is 8.99. The zero-order valence-corrected chi connectivity index (χ0v) is 28.1. The Hall–Kier alpha value is -4.85. The van der Waals surface area contributed by atoms with E-state index in [0.29, 0.717) is 33.3 Å². The zero-order chi connectivity index (χ0) is 36.1. The fraction of sp³-hybridized carbons (Fsp3) is 0.364. The molecule has 0 aliphatic rings. The van der Waals surface area contributed by atoms with Crippen LogP contribution in [0.15, 0.2) is 48.7 Å². The largest absolute Gasteiger partial charge is 0.484 e. The molecule has 49 heavy (non-hydrogen) atoms. The number of hydrogen-bond acceptors (Lipinski definition) is 9. The zero-order valence-electron chi connectivity index (χ0n) is 27.3. The first kappa shape index (κ1) is 37.0. The minimum atomic E-state index is -5.05. The number of benzene rings is 2. The number of anilines is 2. The van der Waals surface area contributed by atoms with Gasteiger partial charge in [-0.25, -0.2) is 22.6 Å². The molecule has 0 fully saturated rings. The first-order chi connectivity index (χ1) is 23.0. The Kier molecular flexibility index (Phi) is 11.4. The molecule has 0 saturated heterocycles. The van der Waals surface area contributed by atoms with Crippen molar-refractivity contribution in [1.29, 1.82) is 0 Å². The number of carboxylic acid groups (broad SMARTS) is 1. The predicted molar refractivity (Wildman–Crippen MR) is 177 cm³/mol. The number of nitrogen functional groups attached to an aromatic ring is 1. The van der Waals surface area contributed by atoms with Crippen molar-refractivity contribution in [3.05, 3.63) is 65.6 Å². The number of alkyl halides is 2. The number of aryl methyl sites for hydroxylation is 1. The number of nitrogens with zero attached hydrogens (tertiary/aromatic N) is 3. The van der Waals surface area contributed by atoms with Crippen LogP contribution in [0.1, 0.15) is 44.9 Å². The second kappa shape index (κ2) is 15.1. The molecule has 0 saturated carbocycles. The third-order valence-electron chi connectivity index (χ3n) is 7.20. The molecule has 4 rings (SSSR count). The van der Waals surface area contributed by atoms with Gasteiger partial charge in [0.1, 0.15) is 35.8 Å². The number of halogens is 3. The van der Waals surface area contributed by atoms with E-state index in [-0.39, 0.29) is 37.1 Å². The van der Waals surface area contributed by atoms with E-state index < -0.39 is 45.2 Å². The van der Waals surface area contributed by atoms with Gasteiger partial charge < -0.3 is 25.1 Å². The molecule has 12 nitrogen and oxygen atoms in total. The molecule has 0 bridgehead atoms. The predicted octanol–water partition coefficient (Wildman–Crippen LogP) is 5.34. The van der Waals surface area contributed by atoms with E-state index in [9.17, 15) is 31.5 Å². The molecule has 0 aliphatic heterocycles. The summed E-state index contributed by atoms with van der Waals surface area (Å²) in [6, 6.07) is 9.57. The summed E-state index contributed by atoms with van der Waals surface area (Å²) >= 11 is 0. The van der Waals surface area contributed by atoms with Crippen LogP contribution in [0.3, 0.4) is 0 Å². The van der Waals surface area contributed by atoms with Gasteiger partial charge in [-0.05, 0) is 42.2 Å². The summed E-state index contributed by atoms with van der Waals surface area (Å²) in [5.41, 5.74) is 7.70. The van der Waals surface area contributed by atoms with E-state index in [2.05, 4.69) is 21.9 Å². The molecule has 4 aromatic rings. The number of ether oxygens (including phenoxy) is 3. The van der Waals surface area contributed by atoms with E-state index in [1.54, 1.807) is 34.7 Å². The van der Waals surface area contributed by atoms with Gasteiger partial charge in [-0.15, -0.1) is 0 Å². The highest BCUT2D eigenvalue weighted by molar-refractivity contribution is 7.93. The first-order valence-electron chi connectivity index (χ1n) is 14.9. The second-order valence-electron chi connectivity index (χ2n) is 12.0. The Morgan fingerprint density at radius 1 is 1.14 bits per heavy atom. The minimum Gasteiger partial charge on any atom is -0.484 e. The number of carboxylic acids is 1. The second-order valence-corrected chi connectivity index (χ2v) is 13.6. The molecule has 0 aliphatic carbocycles. The quantitative estimate of drug-likeness (QED) is 0.122. The highest BCUT2D eigenvalue weighted by Crippen LogP contribution is 2.38. The summed E-state index contributed by atoms with van der Waals surface area (Å²) in [5.74, 6) is 0.660. The molecule has 2 atom stereocenters. The van der Waals surface area contributed by atoms with Crippen LogP contribution in [-0.2, 0) is 31.3 Å². The minimum absolute atomic E-state index is 0.0100. The Labute approximate surface area is 281 Å². The summed E-state index contributed by atoms with van der Waals surface area (Å²) in [6.07, 6.45) is -0.263. The van der Waals surface area contributed by atoms with Gasteiger partial charge >= 0.3 is 11.7 Å². The normalized spacial score (nSPS) is 13.2. The van der Waals surface area contributed by atoms with Crippen LogP contribution in [0.2, 0.25) is 0 Å². The average Bonchev–Trinajstić information content (AvgIpc) is 3.37. The molecule has 0 radical (unpaired) electrons. The van der Waals surface area contributed by atoms with E-state index in [4.69, 9.17) is 19.9 Å². The van der Waals surface area contributed by atoms with Gasteiger partial charge in [-0.3, -0.25) is 9.40 Å². The summed E-state index contributed by atoms with van der Waals surface area (Å²) in [4.78, 5) is 15.7. The molecule has 0 amide bonds. The number of sulfonamides is 1. The number of rotatable bonds is 13. The van der Waals surface area contributed by atoms with Gasteiger partial charge in [0.05, 0.1) is 35.4 Å². The third-order valence-corrected chi connectivity index (χ3v) is 8.17. The number of carbonyl (C=O) groups is 1. The van der Waals surface area contributed by atoms with Crippen LogP contribution in [0.5, 0.6) is 5.75 Å². The maximum atomic E-state index is 13.5. The average molecular weight is 704 g/mol. The number of nitrogens with one attached hydrogen (secondary N) is 1. The van der Waals surface area contributed by atoms with Crippen LogP contribution in [-0.4, -0.2) is 65.9 Å². The van der Waals surface area contributed by atoms with Crippen LogP contribution < -0.4 is 15.2 Å². The highest BCUT2D eigenvalue weighted by atomic mass is 32.2. The van der Waals surface area contributed by atoms with E-state index in [1.165, 1.54) is 53.3 Å². The van der Waals surface area contributed by atoms with Crippen molar-refractivity contribution in [3.8, 4) is 28.8 Å². The summed E-state index contributed by atoms with van der Waals surface area (Å²) in [5, 5.41) is 14.4. The number of nitrogens with two attached hydrogens (primary N) is 1. The summed E-state index contributed by atoms with van der Waals surface area (Å²) in [6.45, 7) is 7.12. The number of aliphatic carboxylic acids is 1. The van der Waals surface area contributed by atoms with Gasteiger partial charge in [0.25, 0.3) is 10.0 Å². The Morgan fingerprint density at radius 2 is 1.84 bits per heavy atom. The highest BCUT2D eigenvalue weighted by Gasteiger charge is 2.32. The van der Waals surface area contributed by atoms with Gasteiger partial charge in [0.2, 0.25) is 0 Å². The van der Waals surface area contributed by atoms with Gasteiger partial charge in [0, 0.05) is 18.8 Å². The van der Waals surface area contributed by atoms with Crippen molar-refractivity contribution in [1.82, 2.24) is 14.8 Å². The first-order valence-corrected chi connectivity index (χ1v) is 16.4. The van der Waals surface area contributed by atoms with Crippen LogP contribution in [0.25, 0.3) is 22.2 Å². The lowest BCUT2D eigenvalue weighted by Gasteiger charge is -2.26. The molecule has 262 valence electrons. The number of aromatic nitrogens is 3. The molecule has 4 N–H and O–H groups in total. The van der Waals surface area contributed by atoms with E-state index >= 15 is 0 Å². The van der Waals surface area contributed by atoms with Gasteiger partial charge in [-0.2, -0.15) is 13.9 Å². The number of fused-ring (bicyclic) bond motifs is 1. The fourth-order valence-corrected chi connectivity index (χ4v) is 5.41. The summed E-state index contributed by atoms with van der Waals surface area (Å²) in [7, 11) is -3.38. The van der Waals surface area contributed by atoms with Crippen molar-refractivity contribution in [3.63, 3.8) is 0 Å². The Balaban J connectivity index is 1.62. The van der Waals surface area contributed by atoms with Crippen molar-refractivity contribution in [2.24, 2.45) is 12.5 Å². The molecular weight excluding hydrogens is 667 g/mol. The maximum absolute atomic E-state index is 13.5. The van der Waals surface area contributed by atoms with E-state index in [0.717, 1.165) is 0 Å². The lowest BCUT2D eigenvalue weighted by Crippen LogP contribution is -2.37. The van der Waals surface area contributed by atoms with Crippen LogP contribution >= 0.6 is 0 Å². The lowest BCUT2D eigenvalue weighted by molar-refractivity contribution is -0.159. The Morgan fingerprint density at radius 3 is 2.47 bits per heavy atom. The topological polar surface area (TPSA) is 168 Å². The standard InChI is InChI=1S/C33H36F3N5O7S/c1-19(20-8-11-23(34)12-9-20)48-25-17-21(10-13-24(25)40-49(44,45)32(35)36)27-26-28(41(5)39-27)22(18-38-30(26)37)7-6-14-46-15-16-47-29(31(42)43)33(2,3)4/h8-13,17-19,29,32,40H,14-16H2,1-5H3,(H2,37,38)(H,42,43)/t19-,29?/m0/s1. The maximum Gasteiger partial charge on any atom is 0.355 e. The van der Waals surface area contributed by atoms with E-state index in [1.807, 2.05) is 4.72 Å².